The molecule has 0 radical (unpaired) electrons. The van der Waals surface area contributed by atoms with E-state index in [0.29, 0.717) is 0 Å². The summed E-state index contributed by atoms with van der Waals surface area (Å²) in [6.45, 7) is 2.95. The molecule has 0 aliphatic heterocycles. The Kier molecular flexibility index (Phi) is 5.19. The molecule has 2 rings (SSSR count). The molecule has 0 aliphatic rings. The van der Waals surface area contributed by atoms with Crippen LogP contribution < -0.4 is 4.74 Å². The van der Waals surface area contributed by atoms with Crippen molar-refractivity contribution in [1.82, 2.24) is 0 Å². The van der Waals surface area contributed by atoms with Gasteiger partial charge < -0.3 is 9.22 Å². The maximum absolute atomic E-state index is 5.74. The van der Waals surface area contributed by atoms with Crippen molar-refractivity contribution in [3.63, 3.8) is 0 Å². The molecule has 0 aliphatic carbocycles. The van der Waals surface area contributed by atoms with E-state index in [4.69, 9.17) is 4.74 Å². The van der Waals surface area contributed by atoms with Crippen molar-refractivity contribution < 1.29 is 9.22 Å². The van der Waals surface area contributed by atoms with Crippen LogP contribution in [0.3, 0.4) is 0 Å². The SMILES string of the molecule is C[N+](C)(CCCOc1ccccc1)Cc1ccccc1. The summed E-state index contributed by atoms with van der Waals surface area (Å²) in [5, 5.41) is 0. The number of quaternary nitrogens is 1. The van der Waals surface area contributed by atoms with Crippen LogP contribution in [0, 0.1) is 0 Å². The van der Waals surface area contributed by atoms with E-state index in [2.05, 4.69) is 44.4 Å². The highest BCUT2D eigenvalue weighted by Gasteiger charge is 2.15. The molecule has 0 saturated heterocycles. The Morgan fingerprint density at radius 3 is 2.10 bits per heavy atom. The van der Waals surface area contributed by atoms with E-state index in [-0.39, 0.29) is 0 Å². The molecular formula is C18H24NO+. The van der Waals surface area contributed by atoms with E-state index in [1.54, 1.807) is 0 Å². The maximum Gasteiger partial charge on any atom is 0.119 e. The Hall–Kier alpha value is -1.80. The first kappa shape index (κ1) is 14.6. The van der Waals surface area contributed by atoms with Crippen LogP contribution in [0.5, 0.6) is 5.75 Å². The van der Waals surface area contributed by atoms with E-state index in [1.807, 2.05) is 30.3 Å². The number of nitrogens with zero attached hydrogens (tertiary/aromatic N) is 1. The van der Waals surface area contributed by atoms with E-state index in [0.717, 1.165) is 36.3 Å². The average molecular weight is 270 g/mol. The molecule has 0 bridgehead atoms. The molecule has 106 valence electrons. The van der Waals surface area contributed by atoms with Gasteiger partial charge >= 0.3 is 0 Å². The Labute approximate surface area is 122 Å². The van der Waals surface area contributed by atoms with Crippen LogP contribution in [0.1, 0.15) is 12.0 Å². The van der Waals surface area contributed by atoms with Gasteiger partial charge in [0, 0.05) is 12.0 Å². The molecule has 0 spiro atoms. The van der Waals surface area contributed by atoms with Crippen LogP contribution >= 0.6 is 0 Å². The van der Waals surface area contributed by atoms with E-state index in [1.165, 1.54) is 5.56 Å². The van der Waals surface area contributed by atoms with Gasteiger partial charge in [-0.05, 0) is 12.1 Å². The van der Waals surface area contributed by atoms with Gasteiger partial charge in [0.2, 0.25) is 0 Å². The van der Waals surface area contributed by atoms with E-state index < -0.39 is 0 Å². The van der Waals surface area contributed by atoms with Crippen molar-refractivity contribution in [3.05, 3.63) is 66.2 Å². The van der Waals surface area contributed by atoms with Crippen molar-refractivity contribution in [2.45, 2.75) is 13.0 Å². The Morgan fingerprint density at radius 1 is 0.850 bits per heavy atom. The summed E-state index contributed by atoms with van der Waals surface area (Å²) in [6.07, 6.45) is 1.06. The molecule has 20 heavy (non-hydrogen) atoms. The second-order valence-corrected chi connectivity index (χ2v) is 5.82. The summed E-state index contributed by atoms with van der Waals surface area (Å²) in [5.74, 6) is 0.959. The lowest BCUT2D eigenvalue weighted by molar-refractivity contribution is -0.903. The minimum atomic E-state index is 0.778. The van der Waals surface area contributed by atoms with Crippen LogP contribution in [0.4, 0.5) is 0 Å². The summed E-state index contributed by atoms with van der Waals surface area (Å²) in [4.78, 5) is 0. The maximum atomic E-state index is 5.74. The highest BCUT2D eigenvalue weighted by Crippen LogP contribution is 2.11. The Morgan fingerprint density at radius 2 is 1.45 bits per heavy atom. The first-order valence-corrected chi connectivity index (χ1v) is 7.19. The summed E-state index contributed by atoms with van der Waals surface area (Å²) in [5.41, 5.74) is 1.39. The van der Waals surface area contributed by atoms with Crippen molar-refractivity contribution in [1.29, 1.82) is 0 Å². The summed E-state index contributed by atoms with van der Waals surface area (Å²) in [6, 6.07) is 20.7. The number of rotatable bonds is 7. The molecule has 0 saturated carbocycles. The molecule has 2 nitrogen and oxygen atoms in total. The van der Waals surface area contributed by atoms with Crippen molar-refractivity contribution in [3.8, 4) is 5.75 Å². The van der Waals surface area contributed by atoms with Gasteiger partial charge in [-0.25, -0.2) is 0 Å². The number of hydrogen-bond donors (Lipinski definition) is 0. The minimum Gasteiger partial charge on any atom is -0.493 e. The number of benzene rings is 2. The topological polar surface area (TPSA) is 9.23 Å². The molecule has 2 aromatic carbocycles. The van der Waals surface area contributed by atoms with E-state index >= 15 is 0 Å². The van der Waals surface area contributed by atoms with Crippen LogP contribution in [0.2, 0.25) is 0 Å². The molecule has 0 amide bonds. The fraction of sp³-hybridized carbons (Fsp3) is 0.333. The molecule has 0 heterocycles. The molecule has 0 fully saturated rings. The Balaban J connectivity index is 1.72. The third-order valence-electron chi connectivity index (χ3n) is 3.37. The zero-order chi connectivity index (χ0) is 14.3. The molecule has 2 aromatic rings. The van der Waals surface area contributed by atoms with Gasteiger partial charge in [-0.1, -0.05) is 48.5 Å². The van der Waals surface area contributed by atoms with Gasteiger partial charge in [0.25, 0.3) is 0 Å². The van der Waals surface area contributed by atoms with Crippen LogP contribution in [-0.2, 0) is 6.54 Å². The predicted molar refractivity (Wildman–Crippen MR) is 83.7 cm³/mol. The number of hydrogen-bond acceptors (Lipinski definition) is 1. The predicted octanol–water partition coefficient (Wildman–Crippen LogP) is 3.73. The van der Waals surface area contributed by atoms with Gasteiger partial charge in [0.05, 0.1) is 27.2 Å². The number of para-hydroxylation sites is 1. The standard InChI is InChI=1S/C18H24NO/c1-19(2,16-17-10-5-3-6-11-17)14-9-15-20-18-12-7-4-8-13-18/h3-8,10-13H,9,14-16H2,1-2H3/q+1. The minimum absolute atomic E-state index is 0.778. The molecule has 0 aromatic heterocycles. The summed E-state index contributed by atoms with van der Waals surface area (Å²) < 4.78 is 6.73. The second-order valence-electron chi connectivity index (χ2n) is 5.82. The fourth-order valence-corrected chi connectivity index (χ4v) is 2.36. The molecule has 2 heteroatoms. The first-order chi connectivity index (χ1) is 9.66. The zero-order valence-electron chi connectivity index (χ0n) is 12.5. The largest absolute Gasteiger partial charge is 0.493 e. The fourth-order valence-electron chi connectivity index (χ4n) is 2.36. The van der Waals surface area contributed by atoms with Gasteiger partial charge in [-0.2, -0.15) is 0 Å². The highest BCUT2D eigenvalue weighted by molar-refractivity contribution is 5.20. The van der Waals surface area contributed by atoms with Crippen LogP contribution in [0.15, 0.2) is 60.7 Å². The molecule has 0 atom stereocenters. The Bertz CT molecular complexity index is 493. The second kappa shape index (κ2) is 7.11. The zero-order valence-corrected chi connectivity index (χ0v) is 12.5. The summed E-state index contributed by atoms with van der Waals surface area (Å²) in [7, 11) is 4.55. The van der Waals surface area contributed by atoms with Crippen LogP contribution in [0.25, 0.3) is 0 Å². The van der Waals surface area contributed by atoms with Crippen molar-refractivity contribution in [2.24, 2.45) is 0 Å². The third kappa shape index (κ3) is 5.06. The highest BCUT2D eigenvalue weighted by atomic mass is 16.5. The van der Waals surface area contributed by atoms with Gasteiger partial charge in [0.1, 0.15) is 12.3 Å². The first-order valence-electron chi connectivity index (χ1n) is 7.19. The molecular weight excluding hydrogens is 246 g/mol. The normalized spacial score (nSPS) is 11.3. The van der Waals surface area contributed by atoms with Crippen molar-refractivity contribution in [2.75, 3.05) is 27.2 Å². The lowest BCUT2D eigenvalue weighted by atomic mass is 10.2. The third-order valence-corrected chi connectivity index (χ3v) is 3.37. The quantitative estimate of drug-likeness (QED) is 0.550. The lowest BCUT2D eigenvalue weighted by Gasteiger charge is -2.30. The molecule has 0 N–H and O–H groups in total. The van der Waals surface area contributed by atoms with Crippen LogP contribution in [-0.4, -0.2) is 31.7 Å². The summed E-state index contributed by atoms with van der Waals surface area (Å²) >= 11 is 0. The van der Waals surface area contributed by atoms with E-state index in [9.17, 15) is 0 Å². The molecule has 0 unspecified atom stereocenters. The van der Waals surface area contributed by atoms with Crippen molar-refractivity contribution >= 4 is 0 Å². The van der Waals surface area contributed by atoms with Gasteiger partial charge in [-0.3, -0.25) is 0 Å². The number of ether oxygens (including phenoxy) is 1. The monoisotopic (exact) mass is 270 g/mol. The van der Waals surface area contributed by atoms with Gasteiger partial charge in [0.15, 0.2) is 0 Å². The van der Waals surface area contributed by atoms with Gasteiger partial charge in [-0.15, -0.1) is 0 Å². The lowest BCUT2D eigenvalue weighted by Crippen LogP contribution is -2.40. The smallest absolute Gasteiger partial charge is 0.119 e. The average Bonchev–Trinajstić information content (AvgIpc) is 2.45.